The van der Waals surface area contributed by atoms with Crippen LogP contribution in [-0.4, -0.2) is 23.9 Å². The Labute approximate surface area is 152 Å². The van der Waals surface area contributed by atoms with E-state index >= 15 is 0 Å². The number of rotatable bonds is 6. The van der Waals surface area contributed by atoms with Crippen LogP contribution in [0.25, 0.3) is 22.0 Å². The van der Waals surface area contributed by atoms with Crippen molar-refractivity contribution >= 4 is 16.6 Å². The highest BCUT2D eigenvalue weighted by Crippen LogP contribution is 2.34. The lowest BCUT2D eigenvalue weighted by atomic mass is 10.0. The quantitative estimate of drug-likeness (QED) is 0.718. The first-order valence-electron chi connectivity index (χ1n) is 8.88. The van der Waals surface area contributed by atoms with Crippen molar-refractivity contribution in [1.82, 2.24) is 10.2 Å². The summed E-state index contributed by atoms with van der Waals surface area (Å²) in [7, 11) is 1.67. The molecular formula is C21H20N4O. The average Bonchev–Trinajstić information content (AvgIpc) is 3.52. The van der Waals surface area contributed by atoms with E-state index < -0.39 is 0 Å². The van der Waals surface area contributed by atoms with Crippen LogP contribution in [-0.2, 0) is 0 Å². The van der Waals surface area contributed by atoms with Gasteiger partial charge in [0, 0.05) is 17.5 Å². The van der Waals surface area contributed by atoms with E-state index in [1.54, 1.807) is 7.11 Å². The maximum absolute atomic E-state index is 9.39. The Bertz CT molecular complexity index is 989. The van der Waals surface area contributed by atoms with Crippen LogP contribution in [0.1, 0.15) is 25.0 Å². The fourth-order valence-corrected chi connectivity index (χ4v) is 3.22. The van der Waals surface area contributed by atoms with Crippen LogP contribution in [0.2, 0.25) is 0 Å². The molecule has 0 spiro atoms. The lowest BCUT2D eigenvalue weighted by Crippen LogP contribution is -2.07. The topological polar surface area (TPSA) is 70.8 Å². The van der Waals surface area contributed by atoms with Crippen LogP contribution >= 0.6 is 0 Å². The third-order valence-electron chi connectivity index (χ3n) is 4.84. The highest BCUT2D eigenvalue weighted by atomic mass is 16.5. The summed E-state index contributed by atoms with van der Waals surface area (Å²) in [5, 5.41) is 22.1. The summed E-state index contributed by atoms with van der Waals surface area (Å²) >= 11 is 0. The summed E-state index contributed by atoms with van der Waals surface area (Å²) in [5.41, 5.74) is 3.91. The zero-order chi connectivity index (χ0) is 17.9. The molecule has 1 saturated carbocycles. The predicted molar refractivity (Wildman–Crippen MR) is 102 cm³/mol. The first-order valence-corrected chi connectivity index (χ1v) is 8.88. The van der Waals surface area contributed by atoms with Crippen LogP contribution in [0.3, 0.4) is 0 Å². The molecule has 0 radical (unpaired) electrons. The zero-order valence-electron chi connectivity index (χ0n) is 14.7. The number of nitriles is 1. The van der Waals surface area contributed by atoms with Gasteiger partial charge in [0.1, 0.15) is 11.8 Å². The van der Waals surface area contributed by atoms with Crippen molar-refractivity contribution in [3.05, 3.63) is 48.2 Å². The Morgan fingerprint density at radius 2 is 2.04 bits per heavy atom. The Morgan fingerprint density at radius 1 is 1.19 bits per heavy atom. The van der Waals surface area contributed by atoms with E-state index in [0.29, 0.717) is 5.69 Å². The molecule has 0 aliphatic heterocycles. The van der Waals surface area contributed by atoms with Crippen molar-refractivity contribution in [2.45, 2.75) is 19.3 Å². The standard InChI is InChI=1S/C21H20N4O/c1-26-20-5-3-2-4-16(20)15-8-9-17-18(12-15)24-25-19(13-22)21(17)23-11-10-14-6-7-14/h2-5,8-9,12,14H,6-7,10-11H2,1H3,(H,23,24). The number of anilines is 1. The van der Waals surface area contributed by atoms with E-state index in [2.05, 4.69) is 21.6 Å². The Balaban J connectivity index is 1.73. The number of nitrogens with zero attached hydrogens (tertiary/aromatic N) is 3. The number of benzene rings is 2. The van der Waals surface area contributed by atoms with Crippen molar-refractivity contribution in [2.24, 2.45) is 5.92 Å². The Kier molecular flexibility index (Phi) is 4.40. The molecule has 1 N–H and O–H groups in total. The van der Waals surface area contributed by atoms with Gasteiger partial charge in [0.15, 0.2) is 5.69 Å². The Morgan fingerprint density at radius 3 is 2.81 bits per heavy atom. The first-order chi connectivity index (χ1) is 12.8. The molecule has 1 fully saturated rings. The minimum absolute atomic E-state index is 0.346. The molecule has 1 heterocycles. The van der Waals surface area contributed by atoms with Gasteiger partial charge in [-0.3, -0.25) is 0 Å². The highest BCUT2D eigenvalue weighted by molar-refractivity contribution is 5.95. The molecule has 1 aromatic heterocycles. The van der Waals surface area contributed by atoms with Crippen LogP contribution in [0.5, 0.6) is 5.75 Å². The minimum atomic E-state index is 0.346. The summed E-state index contributed by atoms with van der Waals surface area (Å²) in [4.78, 5) is 0. The monoisotopic (exact) mass is 344 g/mol. The molecule has 0 saturated heterocycles. The second-order valence-electron chi connectivity index (χ2n) is 6.63. The normalized spacial score (nSPS) is 13.4. The number of para-hydroxylation sites is 1. The molecule has 0 atom stereocenters. The average molecular weight is 344 g/mol. The van der Waals surface area contributed by atoms with E-state index in [4.69, 9.17) is 4.74 Å². The summed E-state index contributed by atoms with van der Waals surface area (Å²) < 4.78 is 5.46. The summed E-state index contributed by atoms with van der Waals surface area (Å²) in [6, 6.07) is 16.1. The SMILES string of the molecule is COc1ccccc1-c1ccc2c(NCCC3CC3)c(C#N)nnc2c1. The van der Waals surface area contributed by atoms with E-state index in [-0.39, 0.29) is 0 Å². The predicted octanol–water partition coefficient (Wildman–Crippen LogP) is 4.39. The molecule has 0 bridgehead atoms. The fourth-order valence-electron chi connectivity index (χ4n) is 3.22. The van der Waals surface area contributed by atoms with Gasteiger partial charge in [-0.05, 0) is 36.1 Å². The smallest absolute Gasteiger partial charge is 0.186 e. The van der Waals surface area contributed by atoms with Gasteiger partial charge in [0.2, 0.25) is 0 Å². The molecule has 1 aliphatic carbocycles. The number of hydrogen-bond donors (Lipinski definition) is 1. The van der Waals surface area contributed by atoms with Crippen LogP contribution < -0.4 is 10.1 Å². The summed E-state index contributed by atoms with van der Waals surface area (Å²) in [5.74, 6) is 1.66. The fraction of sp³-hybridized carbons (Fsp3) is 0.286. The van der Waals surface area contributed by atoms with Crippen molar-refractivity contribution in [3.63, 3.8) is 0 Å². The molecule has 1 aliphatic rings. The van der Waals surface area contributed by atoms with Crippen molar-refractivity contribution in [2.75, 3.05) is 19.0 Å². The first kappa shape index (κ1) is 16.3. The van der Waals surface area contributed by atoms with Crippen LogP contribution in [0.15, 0.2) is 42.5 Å². The zero-order valence-corrected chi connectivity index (χ0v) is 14.7. The number of ether oxygens (including phenoxy) is 1. The maximum atomic E-state index is 9.39. The van der Waals surface area contributed by atoms with E-state index in [1.807, 2.05) is 42.5 Å². The lowest BCUT2D eigenvalue weighted by molar-refractivity contribution is 0.416. The second kappa shape index (κ2) is 7.01. The molecule has 2 aromatic carbocycles. The van der Waals surface area contributed by atoms with E-state index in [0.717, 1.165) is 52.4 Å². The van der Waals surface area contributed by atoms with Gasteiger partial charge in [-0.15, -0.1) is 10.2 Å². The third-order valence-corrected chi connectivity index (χ3v) is 4.84. The molecule has 26 heavy (non-hydrogen) atoms. The van der Waals surface area contributed by atoms with Gasteiger partial charge in [-0.2, -0.15) is 5.26 Å². The largest absolute Gasteiger partial charge is 0.496 e. The molecule has 5 heteroatoms. The van der Waals surface area contributed by atoms with Gasteiger partial charge in [-0.1, -0.05) is 37.1 Å². The third kappa shape index (κ3) is 3.18. The van der Waals surface area contributed by atoms with Crippen LogP contribution in [0, 0.1) is 17.2 Å². The molecule has 3 aromatic rings. The minimum Gasteiger partial charge on any atom is -0.496 e. The van der Waals surface area contributed by atoms with Gasteiger partial charge in [0.05, 0.1) is 18.3 Å². The van der Waals surface area contributed by atoms with Crippen molar-refractivity contribution < 1.29 is 4.74 Å². The highest BCUT2D eigenvalue weighted by Gasteiger charge is 2.21. The van der Waals surface area contributed by atoms with Gasteiger partial charge in [0.25, 0.3) is 0 Å². The number of nitrogens with one attached hydrogen (secondary N) is 1. The Hall–Kier alpha value is -3.13. The van der Waals surface area contributed by atoms with Gasteiger partial charge < -0.3 is 10.1 Å². The van der Waals surface area contributed by atoms with Crippen LogP contribution in [0.4, 0.5) is 5.69 Å². The van der Waals surface area contributed by atoms with Crippen molar-refractivity contribution in [1.29, 1.82) is 5.26 Å². The molecule has 4 rings (SSSR count). The maximum Gasteiger partial charge on any atom is 0.186 e. The number of methoxy groups -OCH3 is 1. The number of hydrogen-bond acceptors (Lipinski definition) is 5. The summed E-state index contributed by atoms with van der Waals surface area (Å²) in [6.07, 6.45) is 3.78. The van der Waals surface area contributed by atoms with Crippen molar-refractivity contribution in [3.8, 4) is 22.9 Å². The number of aromatic nitrogens is 2. The lowest BCUT2D eigenvalue weighted by Gasteiger charge is -2.12. The summed E-state index contributed by atoms with van der Waals surface area (Å²) in [6.45, 7) is 0.856. The van der Waals surface area contributed by atoms with Gasteiger partial charge in [-0.25, -0.2) is 0 Å². The van der Waals surface area contributed by atoms with E-state index in [9.17, 15) is 5.26 Å². The van der Waals surface area contributed by atoms with E-state index in [1.165, 1.54) is 12.8 Å². The molecular weight excluding hydrogens is 324 g/mol. The molecule has 5 nitrogen and oxygen atoms in total. The molecule has 0 unspecified atom stereocenters. The molecule has 0 amide bonds. The number of fused-ring (bicyclic) bond motifs is 1. The van der Waals surface area contributed by atoms with Gasteiger partial charge >= 0.3 is 0 Å². The second-order valence-corrected chi connectivity index (χ2v) is 6.63. The molecule has 130 valence electrons.